The number of carbonyl (C=O) groups is 1. The zero-order chi connectivity index (χ0) is 18.2. The molecule has 3 rings (SSSR count). The number of amides is 1. The van der Waals surface area contributed by atoms with Crippen molar-refractivity contribution in [1.82, 2.24) is 0 Å². The minimum Gasteiger partial charge on any atom is -0.494 e. The van der Waals surface area contributed by atoms with Gasteiger partial charge in [0.15, 0.2) is 0 Å². The maximum Gasteiger partial charge on any atom is 0.255 e. The molecule has 4 heteroatoms. The van der Waals surface area contributed by atoms with Crippen LogP contribution >= 0.6 is 0 Å². The summed E-state index contributed by atoms with van der Waals surface area (Å²) in [6.45, 7) is 5.10. The highest BCUT2D eigenvalue weighted by Gasteiger charge is 2.11. The van der Waals surface area contributed by atoms with Gasteiger partial charge in [-0.15, -0.1) is 0 Å². The first-order valence-corrected chi connectivity index (χ1v) is 9.65. The molecule has 0 radical (unpaired) electrons. The van der Waals surface area contributed by atoms with Gasteiger partial charge in [-0.2, -0.15) is 0 Å². The third kappa shape index (κ3) is 5.01. The van der Waals surface area contributed by atoms with E-state index in [0.717, 1.165) is 37.4 Å². The van der Waals surface area contributed by atoms with Crippen LogP contribution in [-0.2, 0) is 0 Å². The topological polar surface area (TPSA) is 41.6 Å². The molecule has 1 heterocycles. The number of hydrogen-bond donors (Lipinski definition) is 1. The second-order valence-corrected chi connectivity index (χ2v) is 6.78. The molecule has 0 spiro atoms. The standard InChI is InChI=1S/C22H28N2O2/c1-2-3-17-26-21-13-7-18(8-14-21)22(25)23-19-9-11-20(12-10-19)24-15-5-4-6-16-24/h7-14H,2-6,15-17H2,1H3,(H,23,25). The summed E-state index contributed by atoms with van der Waals surface area (Å²) in [6.07, 6.45) is 5.99. The quantitative estimate of drug-likeness (QED) is 0.704. The lowest BCUT2D eigenvalue weighted by Gasteiger charge is -2.28. The Labute approximate surface area is 156 Å². The van der Waals surface area contributed by atoms with Crippen LogP contribution in [0.25, 0.3) is 0 Å². The number of benzene rings is 2. The van der Waals surface area contributed by atoms with Gasteiger partial charge >= 0.3 is 0 Å². The number of unbranched alkanes of at least 4 members (excludes halogenated alkanes) is 1. The minimum atomic E-state index is -0.101. The van der Waals surface area contributed by atoms with Gasteiger partial charge in [0.25, 0.3) is 5.91 Å². The number of ether oxygens (including phenoxy) is 1. The molecule has 1 aliphatic heterocycles. The monoisotopic (exact) mass is 352 g/mol. The highest BCUT2D eigenvalue weighted by atomic mass is 16.5. The Morgan fingerprint density at radius 2 is 1.69 bits per heavy atom. The normalized spacial score (nSPS) is 14.1. The SMILES string of the molecule is CCCCOc1ccc(C(=O)Nc2ccc(N3CCCCC3)cc2)cc1. The molecular formula is C22H28N2O2. The smallest absolute Gasteiger partial charge is 0.255 e. The molecule has 26 heavy (non-hydrogen) atoms. The Bertz CT molecular complexity index is 689. The summed E-state index contributed by atoms with van der Waals surface area (Å²) in [5.74, 6) is 0.705. The molecule has 1 fully saturated rings. The summed E-state index contributed by atoms with van der Waals surface area (Å²) in [6, 6.07) is 15.4. The highest BCUT2D eigenvalue weighted by Crippen LogP contribution is 2.22. The third-order valence-electron chi connectivity index (χ3n) is 4.73. The summed E-state index contributed by atoms with van der Waals surface area (Å²) in [7, 11) is 0. The zero-order valence-electron chi connectivity index (χ0n) is 15.5. The summed E-state index contributed by atoms with van der Waals surface area (Å²) in [5, 5.41) is 2.96. The van der Waals surface area contributed by atoms with Gasteiger partial charge < -0.3 is 15.0 Å². The van der Waals surface area contributed by atoms with E-state index < -0.39 is 0 Å². The number of rotatable bonds is 7. The molecule has 2 aromatic rings. The lowest BCUT2D eigenvalue weighted by atomic mass is 10.1. The Balaban J connectivity index is 1.55. The second-order valence-electron chi connectivity index (χ2n) is 6.78. The van der Waals surface area contributed by atoms with Crippen molar-refractivity contribution in [2.45, 2.75) is 39.0 Å². The van der Waals surface area contributed by atoms with E-state index in [2.05, 4.69) is 29.3 Å². The van der Waals surface area contributed by atoms with E-state index in [4.69, 9.17) is 4.74 Å². The van der Waals surface area contributed by atoms with Crippen LogP contribution in [-0.4, -0.2) is 25.6 Å². The molecule has 0 bridgehead atoms. The Hall–Kier alpha value is -2.49. The molecule has 0 atom stereocenters. The van der Waals surface area contributed by atoms with Crippen LogP contribution in [0.4, 0.5) is 11.4 Å². The van der Waals surface area contributed by atoms with E-state index in [-0.39, 0.29) is 5.91 Å². The lowest BCUT2D eigenvalue weighted by Crippen LogP contribution is -2.29. The van der Waals surface area contributed by atoms with Crippen molar-refractivity contribution in [2.75, 3.05) is 29.9 Å². The average Bonchev–Trinajstić information content (AvgIpc) is 2.70. The number of carbonyl (C=O) groups excluding carboxylic acids is 1. The fourth-order valence-electron chi connectivity index (χ4n) is 3.15. The number of nitrogens with one attached hydrogen (secondary N) is 1. The van der Waals surface area contributed by atoms with E-state index in [9.17, 15) is 4.79 Å². The predicted octanol–water partition coefficient (Wildman–Crippen LogP) is 5.11. The van der Waals surface area contributed by atoms with Gasteiger partial charge in [0.05, 0.1) is 6.61 Å². The van der Waals surface area contributed by atoms with E-state index in [0.29, 0.717) is 12.2 Å². The summed E-state index contributed by atoms with van der Waals surface area (Å²) >= 11 is 0. The first kappa shape index (κ1) is 18.3. The molecule has 1 amide bonds. The van der Waals surface area contributed by atoms with Gasteiger partial charge in [0, 0.05) is 30.0 Å². The first-order valence-electron chi connectivity index (χ1n) is 9.65. The summed E-state index contributed by atoms with van der Waals surface area (Å²) in [5.41, 5.74) is 2.68. The van der Waals surface area contributed by atoms with Crippen LogP contribution in [0, 0.1) is 0 Å². The van der Waals surface area contributed by atoms with Crippen LogP contribution in [0.5, 0.6) is 5.75 Å². The van der Waals surface area contributed by atoms with Crippen molar-refractivity contribution in [3.63, 3.8) is 0 Å². The molecule has 4 nitrogen and oxygen atoms in total. The van der Waals surface area contributed by atoms with Gasteiger partial charge in [0.1, 0.15) is 5.75 Å². The Morgan fingerprint density at radius 1 is 1.00 bits per heavy atom. The highest BCUT2D eigenvalue weighted by molar-refractivity contribution is 6.04. The zero-order valence-corrected chi connectivity index (χ0v) is 15.5. The van der Waals surface area contributed by atoms with Gasteiger partial charge in [-0.1, -0.05) is 13.3 Å². The fraction of sp³-hybridized carbons (Fsp3) is 0.409. The summed E-state index contributed by atoms with van der Waals surface area (Å²) in [4.78, 5) is 14.8. The van der Waals surface area contributed by atoms with Crippen molar-refractivity contribution >= 4 is 17.3 Å². The van der Waals surface area contributed by atoms with Gasteiger partial charge in [-0.05, 0) is 74.2 Å². The van der Waals surface area contributed by atoms with Crippen molar-refractivity contribution in [2.24, 2.45) is 0 Å². The number of hydrogen-bond acceptors (Lipinski definition) is 3. The van der Waals surface area contributed by atoms with E-state index >= 15 is 0 Å². The van der Waals surface area contributed by atoms with Crippen molar-refractivity contribution in [3.05, 3.63) is 54.1 Å². The van der Waals surface area contributed by atoms with Crippen molar-refractivity contribution in [3.8, 4) is 5.75 Å². The third-order valence-corrected chi connectivity index (χ3v) is 4.73. The van der Waals surface area contributed by atoms with Crippen LogP contribution in [0.2, 0.25) is 0 Å². The minimum absolute atomic E-state index is 0.101. The molecular weight excluding hydrogens is 324 g/mol. The van der Waals surface area contributed by atoms with Crippen LogP contribution in [0.3, 0.4) is 0 Å². The molecule has 0 aromatic heterocycles. The molecule has 1 N–H and O–H groups in total. The van der Waals surface area contributed by atoms with E-state index in [1.54, 1.807) is 12.1 Å². The predicted molar refractivity (Wildman–Crippen MR) is 107 cm³/mol. The largest absolute Gasteiger partial charge is 0.494 e. The van der Waals surface area contributed by atoms with Crippen LogP contribution in [0.1, 0.15) is 49.4 Å². The van der Waals surface area contributed by atoms with Gasteiger partial charge in [-0.25, -0.2) is 0 Å². The van der Waals surface area contributed by atoms with Gasteiger partial charge in [-0.3, -0.25) is 4.79 Å². The lowest BCUT2D eigenvalue weighted by molar-refractivity contribution is 0.102. The molecule has 1 aliphatic rings. The van der Waals surface area contributed by atoms with E-state index in [1.165, 1.54) is 24.9 Å². The van der Waals surface area contributed by atoms with Crippen LogP contribution < -0.4 is 15.0 Å². The molecule has 0 saturated carbocycles. The maximum atomic E-state index is 12.4. The second kappa shape index (κ2) is 9.27. The maximum absolute atomic E-state index is 12.4. The number of piperidine rings is 1. The molecule has 0 aliphatic carbocycles. The first-order chi connectivity index (χ1) is 12.8. The Kier molecular flexibility index (Phi) is 6.53. The molecule has 1 saturated heterocycles. The van der Waals surface area contributed by atoms with Gasteiger partial charge in [0.2, 0.25) is 0 Å². The van der Waals surface area contributed by atoms with Crippen molar-refractivity contribution in [1.29, 1.82) is 0 Å². The average molecular weight is 352 g/mol. The van der Waals surface area contributed by atoms with E-state index in [1.807, 2.05) is 24.3 Å². The molecule has 2 aromatic carbocycles. The number of nitrogens with zero attached hydrogens (tertiary/aromatic N) is 1. The fourth-order valence-corrected chi connectivity index (χ4v) is 3.15. The van der Waals surface area contributed by atoms with Crippen molar-refractivity contribution < 1.29 is 9.53 Å². The molecule has 138 valence electrons. The summed E-state index contributed by atoms with van der Waals surface area (Å²) < 4.78 is 5.63. The number of anilines is 2. The molecule has 0 unspecified atom stereocenters. The van der Waals surface area contributed by atoms with Crippen LogP contribution in [0.15, 0.2) is 48.5 Å². The Morgan fingerprint density at radius 3 is 2.35 bits per heavy atom.